The second-order valence-corrected chi connectivity index (χ2v) is 9.51. The van der Waals surface area contributed by atoms with Gasteiger partial charge >= 0.3 is 0 Å². The number of benzene rings is 3. The van der Waals surface area contributed by atoms with Crippen LogP contribution in [0.4, 0.5) is 15.9 Å². The van der Waals surface area contributed by atoms with E-state index in [1.54, 1.807) is 36.4 Å². The Hall–Kier alpha value is -5.12. The molecule has 4 aromatic rings. The van der Waals surface area contributed by atoms with E-state index in [9.17, 15) is 24.1 Å². The lowest BCUT2D eigenvalue weighted by Crippen LogP contribution is -2.39. The number of hydrogen-bond donors (Lipinski definition) is 1. The van der Waals surface area contributed by atoms with Crippen LogP contribution in [0.2, 0.25) is 0 Å². The van der Waals surface area contributed by atoms with Gasteiger partial charge in [-0.15, -0.1) is 0 Å². The molecular formula is C30H28FN5O4. The maximum absolute atomic E-state index is 13.6. The molecule has 1 aromatic heterocycles. The summed E-state index contributed by atoms with van der Waals surface area (Å²) in [6, 6.07) is 22.7. The van der Waals surface area contributed by atoms with Crippen molar-refractivity contribution in [2.24, 2.45) is 5.92 Å². The van der Waals surface area contributed by atoms with E-state index >= 15 is 0 Å². The minimum Gasteiger partial charge on any atom is -0.330 e. The van der Waals surface area contributed by atoms with Gasteiger partial charge < -0.3 is 10.2 Å². The quantitative estimate of drug-likeness (QED) is 0.157. The fourth-order valence-electron chi connectivity index (χ4n) is 4.01. The number of anilines is 1. The molecule has 204 valence electrons. The number of carbonyl (C=O) groups excluding carboxylic acids is 2. The van der Waals surface area contributed by atoms with Crippen LogP contribution in [0.3, 0.4) is 0 Å². The maximum Gasteiger partial charge on any atom is 0.269 e. The number of hydrogen-bond acceptors (Lipinski definition) is 5. The minimum absolute atomic E-state index is 0.0446. The van der Waals surface area contributed by atoms with Crippen molar-refractivity contribution in [2.45, 2.75) is 13.8 Å². The van der Waals surface area contributed by atoms with E-state index in [1.807, 2.05) is 44.2 Å². The molecule has 0 atom stereocenters. The lowest BCUT2D eigenvalue weighted by molar-refractivity contribution is -0.384. The summed E-state index contributed by atoms with van der Waals surface area (Å²) >= 11 is 0. The molecule has 0 saturated heterocycles. The second kappa shape index (κ2) is 12.6. The molecule has 0 bridgehead atoms. The van der Waals surface area contributed by atoms with Gasteiger partial charge in [-0.2, -0.15) is 5.10 Å². The Balaban J connectivity index is 1.53. The van der Waals surface area contributed by atoms with E-state index in [4.69, 9.17) is 0 Å². The maximum atomic E-state index is 13.6. The molecule has 0 fully saturated rings. The van der Waals surface area contributed by atoms with Crippen LogP contribution in [0.25, 0.3) is 23.0 Å². The number of non-ortho nitro benzene ring substituents is 1. The van der Waals surface area contributed by atoms with E-state index in [-0.39, 0.29) is 24.1 Å². The zero-order valence-corrected chi connectivity index (χ0v) is 22.0. The Kier molecular flexibility index (Phi) is 8.80. The highest BCUT2D eigenvalue weighted by Gasteiger charge is 2.19. The molecule has 0 aliphatic carbocycles. The number of amides is 2. The molecule has 0 saturated carbocycles. The van der Waals surface area contributed by atoms with Gasteiger partial charge in [0.15, 0.2) is 0 Å². The third-order valence-corrected chi connectivity index (χ3v) is 5.87. The first-order chi connectivity index (χ1) is 19.2. The van der Waals surface area contributed by atoms with Gasteiger partial charge in [-0.1, -0.05) is 44.2 Å². The molecule has 2 amide bonds. The van der Waals surface area contributed by atoms with Crippen LogP contribution in [-0.2, 0) is 9.59 Å². The number of halogens is 1. The SMILES string of the molecule is CC(C)CN(CC(=O)Nc1cc(-c2ccccc2)nn1-c1ccc(F)cc1)C(=O)/C=C/c1ccc([N+](=O)[O-])cc1. The van der Waals surface area contributed by atoms with Gasteiger partial charge in [0.2, 0.25) is 11.8 Å². The Morgan fingerprint density at radius 3 is 2.35 bits per heavy atom. The Morgan fingerprint density at radius 1 is 1.05 bits per heavy atom. The van der Waals surface area contributed by atoms with E-state index in [0.717, 1.165) is 5.56 Å². The second-order valence-electron chi connectivity index (χ2n) is 9.51. The van der Waals surface area contributed by atoms with Crippen molar-refractivity contribution in [3.05, 3.63) is 113 Å². The summed E-state index contributed by atoms with van der Waals surface area (Å²) in [7, 11) is 0. The molecule has 40 heavy (non-hydrogen) atoms. The molecule has 0 aliphatic rings. The van der Waals surface area contributed by atoms with E-state index in [0.29, 0.717) is 29.3 Å². The summed E-state index contributed by atoms with van der Waals surface area (Å²) in [5.74, 6) is -0.734. The molecule has 10 heteroatoms. The minimum atomic E-state index is -0.494. The normalized spacial score (nSPS) is 11.1. The van der Waals surface area contributed by atoms with Crippen molar-refractivity contribution in [2.75, 3.05) is 18.4 Å². The summed E-state index contributed by atoms with van der Waals surface area (Å²) < 4.78 is 15.1. The van der Waals surface area contributed by atoms with Crippen molar-refractivity contribution in [1.29, 1.82) is 0 Å². The molecule has 1 heterocycles. The molecule has 1 N–H and O–H groups in total. The van der Waals surface area contributed by atoms with Crippen LogP contribution in [-0.4, -0.2) is 44.5 Å². The highest BCUT2D eigenvalue weighted by atomic mass is 19.1. The van der Waals surface area contributed by atoms with Crippen molar-refractivity contribution < 1.29 is 18.9 Å². The predicted molar refractivity (Wildman–Crippen MR) is 151 cm³/mol. The van der Waals surface area contributed by atoms with Gasteiger partial charge in [-0.3, -0.25) is 19.7 Å². The molecule has 3 aromatic carbocycles. The first kappa shape index (κ1) is 27.9. The zero-order valence-electron chi connectivity index (χ0n) is 22.0. The van der Waals surface area contributed by atoms with E-state index in [1.165, 1.54) is 39.9 Å². The van der Waals surface area contributed by atoms with Crippen LogP contribution in [0.1, 0.15) is 19.4 Å². The first-order valence-electron chi connectivity index (χ1n) is 12.6. The molecule has 9 nitrogen and oxygen atoms in total. The summed E-state index contributed by atoms with van der Waals surface area (Å²) in [6.07, 6.45) is 2.89. The summed E-state index contributed by atoms with van der Waals surface area (Å²) in [4.78, 5) is 38.0. The number of rotatable bonds is 10. The van der Waals surface area contributed by atoms with Gasteiger partial charge in [-0.25, -0.2) is 9.07 Å². The number of aromatic nitrogens is 2. The summed E-state index contributed by atoms with van der Waals surface area (Å²) in [5.41, 5.74) is 2.58. The van der Waals surface area contributed by atoms with E-state index in [2.05, 4.69) is 10.4 Å². The average molecular weight is 542 g/mol. The van der Waals surface area contributed by atoms with E-state index < -0.39 is 16.6 Å². The third kappa shape index (κ3) is 7.25. The highest BCUT2D eigenvalue weighted by molar-refractivity contribution is 5.98. The smallest absolute Gasteiger partial charge is 0.269 e. The van der Waals surface area contributed by atoms with Crippen LogP contribution < -0.4 is 5.32 Å². The fraction of sp³-hybridized carbons (Fsp3) is 0.167. The highest BCUT2D eigenvalue weighted by Crippen LogP contribution is 2.25. The Labute approximate surface area is 230 Å². The first-order valence-corrected chi connectivity index (χ1v) is 12.6. The Morgan fingerprint density at radius 2 is 1.73 bits per heavy atom. The third-order valence-electron chi connectivity index (χ3n) is 5.87. The lowest BCUT2D eigenvalue weighted by atomic mass is 10.1. The molecule has 0 radical (unpaired) electrons. The molecule has 0 unspecified atom stereocenters. The van der Waals surface area contributed by atoms with Gasteiger partial charge in [0.05, 0.1) is 16.3 Å². The standard InChI is InChI=1S/C30H28FN5O4/c1-21(2)19-34(30(38)17-10-22-8-13-26(14-9-22)36(39)40)20-29(37)32-28-18-27(23-6-4-3-5-7-23)33-35(28)25-15-11-24(31)12-16-25/h3-18,21H,19-20H2,1-2H3,(H,32,37)/b17-10+. The Bertz CT molecular complexity index is 1510. The van der Waals surface area contributed by atoms with Crippen molar-refractivity contribution in [3.8, 4) is 16.9 Å². The van der Waals surface area contributed by atoms with Gasteiger partial charge in [0.1, 0.15) is 18.2 Å². The van der Waals surface area contributed by atoms with Crippen molar-refractivity contribution >= 4 is 29.4 Å². The number of nitrogens with zero attached hydrogens (tertiary/aromatic N) is 4. The topological polar surface area (TPSA) is 110 Å². The monoisotopic (exact) mass is 541 g/mol. The van der Waals surface area contributed by atoms with Gasteiger partial charge in [-0.05, 0) is 54.0 Å². The van der Waals surface area contributed by atoms with Crippen LogP contribution in [0.15, 0.2) is 91.0 Å². The molecule has 0 spiro atoms. The number of nitro groups is 1. The van der Waals surface area contributed by atoms with Crippen LogP contribution >= 0.6 is 0 Å². The van der Waals surface area contributed by atoms with Crippen molar-refractivity contribution in [1.82, 2.24) is 14.7 Å². The zero-order chi connectivity index (χ0) is 28.6. The van der Waals surface area contributed by atoms with Crippen LogP contribution in [0.5, 0.6) is 0 Å². The summed E-state index contributed by atoms with van der Waals surface area (Å²) in [5, 5.41) is 18.3. The van der Waals surface area contributed by atoms with Gasteiger partial charge in [0.25, 0.3) is 5.69 Å². The molecular weight excluding hydrogens is 513 g/mol. The lowest BCUT2D eigenvalue weighted by Gasteiger charge is -2.23. The average Bonchev–Trinajstić information content (AvgIpc) is 3.35. The van der Waals surface area contributed by atoms with Crippen molar-refractivity contribution in [3.63, 3.8) is 0 Å². The van der Waals surface area contributed by atoms with Gasteiger partial charge in [0, 0.05) is 36.4 Å². The number of nitrogens with one attached hydrogen (secondary N) is 1. The largest absolute Gasteiger partial charge is 0.330 e. The molecule has 4 rings (SSSR count). The molecule has 0 aliphatic heterocycles. The summed E-state index contributed by atoms with van der Waals surface area (Å²) in [6.45, 7) is 4.00. The number of nitro benzene ring substituents is 1. The number of carbonyl (C=O) groups is 2. The fourth-order valence-corrected chi connectivity index (χ4v) is 4.01. The van der Waals surface area contributed by atoms with Crippen LogP contribution in [0, 0.1) is 21.8 Å². The predicted octanol–water partition coefficient (Wildman–Crippen LogP) is 5.72.